The number of nitrogens with two attached hydrogens (primary N) is 1. The number of carbonyl (C=O) groups excluding carboxylic acids is 1. The molecule has 1 heterocycles. The fourth-order valence-corrected chi connectivity index (χ4v) is 5.16. The number of nitrogens with zero attached hydrogens (tertiary/aromatic N) is 2. The van der Waals surface area contributed by atoms with Crippen LogP contribution in [0.25, 0.3) is 0 Å². The molecule has 2 aliphatic rings. The van der Waals surface area contributed by atoms with Crippen molar-refractivity contribution in [3.8, 4) is 0 Å². The van der Waals surface area contributed by atoms with Crippen LogP contribution in [0, 0.1) is 5.41 Å². The number of ether oxygens (including phenoxy) is 1. The van der Waals surface area contributed by atoms with Crippen molar-refractivity contribution in [2.75, 3.05) is 19.9 Å². The molecule has 0 saturated heterocycles. The molecular formula is C22H33N3O2S. The van der Waals surface area contributed by atoms with Gasteiger partial charge in [-0.25, -0.2) is 4.99 Å². The Bertz CT molecular complexity index is 726. The third kappa shape index (κ3) is 4.90. The monoisotopic (exact) mass is 403 g/mol. The SMILES string of the molecule is CCCSc1ccc2c(c1)C/N=C(/N)N(C)C(=O)CC1(CCC(OC)CC1)C2. The lowest BCUT2D eigenvalue weighted by Crippen LogP contribution is -2.44. The summed E-state index contributed by atoms with van der Waals surface area (Å²) in [6.45, 7) is 2.72. The first kappa shape index (κ1) is 21.2. The van der Waals surface area contributed by atoms with Crippen molar-refractivity contribution in [3.05, 3.63) is 29.3 Å². The highest BCUT2D eigenvalue weighted by atomic mass is 32.2. The number of methoxy groups -OCH3 is 1. The zero-order valence-electron chi connectivity index (χ0n) is 17.4. The molecule has 6 heteroatoms. The van der Waals surface area contributed by atoms with Crippen LogP contribution < -0.4 is 5.73 Å². The first-order chi connectivity index (χ1) is 13.5. The standard InChI is InChI=1S/C22H33N3O2S/c1-4-11-28-19-6-5-16-13-22(9-7-18(27-3)8-10-22)14-20(26)25(2)21(23)24-15-17(16)12-19/h5-6,12,18H,4,7-11,13-15H2,1-3H3,(H2,23,24). The van der Waals surface area contributed by atoms with Gasteiger partial charge in [0.25, 0.3) is 0 Å². The minimum Gasteiger partial charge on any atom is -0.381 e. The number of benzene rings is 1. The quantitative estimate of drug-likeness (QED) is 0.772. The van der Waals surface area contributed by atoms with Gasteiger partial charge in [-0.2, -0.15) is 0 Å². The minimum atomic E-state index is -0.0230. The summed E-state index contributed by atoms with van der Waals surface area (Å²) in [6.07, 6.45) is 6.95. The lowest BCUT2D eigenvalue weighted by molar-refractivity contribution is -0.130. The number of hydrogen-bond acceptors (Lipinski definition) is 5. The van der Waals surface area contributed by atoms with Crippen LogP contribution in [0.15, 0.2) is 28.1 Å². The fourth-order valence-electron chi connectivity index (χ4n) is 4.33. The molecule has 0 unspecified atom stereocenters. The summed E-state index contributed by atoms with van der Waals surface area (Å²) in [7, 11) is 3.53. The predicted octanol–water partition coefficient (Wildman–Crippen LogP) is 3.98. The molecule has 3 rings (SSSR count). The van der Waals surface area contributed by atoms with Gasteiger partial charge in [-0.3, -0.25) is 9.69 Å². The number of rotatable bonds is 4. The van der Waals surface area contributed by atoms with E-state index in [1.807, 2.05) is 11.8 Å². The van der Waals surface area contributed by atoms with Gasteiger partial charge in [-0.15, -0.1) is 11.8 Å². The molecule has 0 radical (unpaired) electrons. The van der Waals surface area contributed by atoms with Gasteiger partial charge in [0.15, 0.2) is 5.96 Å². The number of hydrogen-bond donors (Lipinski definition) is 1. The van der Waals surface area contributed by atoms with Crippen LogP contribution in [0.3, 0.4) is 0 Å². The second-order valence-corrected chi connectivity index (χ2v) is 9.36. The van der Waals surface area contributed by atoms with Crippen LogP contribution in [0.2, 0.25) is 0 Å². The molecule has 28 heavy (non-hydrogen) atoms. The Hall–Kier alpha value is -1.53. The summed E-state index contributed by atoms with van der Waals surface area (Å²) in [6, 6.07) is 6.74. The number of guanidine groups is 1. The Balaban J connectivity index is 1.95. The number of fused-ring (bicyclic) bond motifs is 1. The molecular weight excluding hydrogens is 370 g/mol. The Morgan fingerprint density at radius 1 is 1.29 bits per heavy atom. The van der Waals surface area contributed by atoms with Crippen molar-refractivity contribution >= 4 is 23.6 Å². The molecule has 2 N–H and O–H groups in total. The molecule has 0 bridgehead atoms. The Morgan fingerprint density at radius 3 is 2.71 bits per heavy atom. The van der Waals surface area contributed by atoms with E-state index in [9.17, 15) is 4.79 Å². The summed E-state index contributed by atoms with van der Waals surface area (Å²) in [5, 5.41) is 0. The summed E-state index contributed by atoms with van der Waals surface area (Å²) >= 11 is 1.89. The van der Waals surface area contributed by atoms with E-state index in [-0.39, 0.29) is 11.3 Å². The second kappa shape index (κ2) is 9.31. The second-order valence-electron chi connectivity index (χ2n) is 8.19. The molecule has 1 spiro atoms. The van der Waals surface area contributed by atoms with Gasteiger partial charge in [0.05, 0.1) is 12.6 Å². The molecule has 1 aromatic rings. The van der Waals surface area contributed by atoms with E-state index in [2.05, 4.69) is 30.1 Å². The molecule has 0 aromatic heterocycles. The van der Waals surface area contributed by atoms with Crippen molar-refractivity contribution in [2.45, 2.75) is 69.4 Å². The summed E-state index contributed by atoms with van der Waals surface area (Å²) in [5.74, 6) is 1.49. The maximum absolute atomic E-state index is 12.9. The van der Waals surface area contributed by atoms with E-state index >= 15 is 0 Å². The summed E-state index contributed by atoms with van der Waals surface area (Å²) in [5.41, 5.74) is 8.65. The van der Waals surface area contributed by atoms with E-state index in [1.54, 1.807) is 14.2 Å². The zero-order chi connectivity index (χ0) is 20.1. The predicted molar refractivity (Wildman–Crippen MR) is 116 cm³/mol. The Kier molecular flexibility index (Phi) is 7.05. The third-order valence-corrected chi connectivity index (χ3v) is 7.40. The van der Waals surface area contributed by atoms with Crippen molar-refractivity contribution in [3.63, 3.8) is 0 Å². The van der Waals surface area contributed by atoms with Crippen LogP contribution in [-0.4, -0.2) is 42.8 Å². The van der Waals surface area contributed by atoms with Crippen LogP contribution in [-0.2, 0) is 22.5 Å². The van der Waals surface area contributed by atoms with Gasteiger partial charge in [0, 0.05) is 25.5 Å². The molecule has 1 saturated carbocycles. The average molecular weight is 404 g/mol. The van der Waals surface area contributed by atoms with Crippen molar-refractivity contribution in [1.82, 2.24) is 4.90 Å². The fraction of sp³-hybridized carbons (Fsp3) is 0.636. The van der Waals surface area contributed by atoms with Crippen LogP contribution in [0.5, 0.6) is 0 Å². The number of amides is 1. The van der Waals surface area contributed by atoms with Gasteiger partial charge in [-0.1, -0.05) is 13.0 Å². The van der Waals surface area contributed by atoms with Crippen molar-refractivity contribution in [2.24, 2.45) is 16.1 Å². The largest absolute Gasteiger partial charge is 0.381 e. The lowest BCUT2D eigenvalue weighted by atomic mass is 9.67. The topological polar surface area (TPSA) is 67.9 Å². The molecule has 1 amide bonds. The Morgan fingerprint density at radius 2 is 2.04 bits per heavy atom. The average Bonchev–Trinajstić information content (AvgIpc) is 2.71. The molecule has 1 fully saturated rings. The molecule has 0 atom stereocenters. The van der Waals surface area contributed by atoms with Gasteiger partial charge in [-0.05, 0) is 73.0 Å². The normalized spacial score (nSPS) is 28.0. The lowest BCUT2D eigenvalue weighted by Gasteiger charge is -2.41. The van der Waals surface area contributed by atoms with Crippen molar-refractivity contribution < 1.29 is 9.53 Å². The highest BCUT2D eigenvalue weighted by Crippen LogP contribution is 2.44. The third-order valence-electron chi connectivity index (χ3n) is 6.20. The molecule has 154 valence electrons. The minimum absolute atomic E-state index is 0.0230. The Labute approximate surface area is 173 Å². The maximum atomic E-state index is 12.9. The highest BCUT2D eigenvalue weighted by Gasteiger charge is 2.39. The van der Waals surface area contributed by atoms with E-state index < -0.39 is 0 Å². The number of thioether (sulfide) groups is 1. The van der Waals surface area contributed by atoms with Gasteiger partial charge in [0.2, 0.25) is 5.91 Å². The summed E-state index contributed by atoms with van der Waals surface area (Å²) in [4.78, 5) is 20.2. The highest BCUT2D eigenvalue weighted by molar-refractivity contribution is 7.99. The summed E-state index contributed by atoms with van der Waals surface area (Å²) < 4.78 is 5.58. The zero-order valence-corrected chi connectivity index (χ0v) is 18.2. The number of carbonyl (C=O) groups is 1. The molecule has 5 nitrogen and oxygen atoms in total. The number of aliphatic imine (C=N–C) groups is 1. The van der Waals surface area contributed by atoms with Gasteiger partial charge in [0.1, 0.15) is 0 Å². The van der Waals surface area contributed by atoms with E-state index in [0.717, 1.165) is 44.3 Å². The first-order valence-electron chi connectivity index (χ1n) is 10.3. The van der Waals surface area contributed by atoms with E-state index in [0.29, 0.717) is 25.0 Å². The smallest absolute Gasteiger partial charge is 0.229 e. The van der Waals surface area contributed by atoms with E-state index in [1.165, 1.54) is 20.9 Å². The van der Waals surface area contributed by atoms with Gasteiger partial charge >= 0.3 is 0 Å². The maximum Gasteiger partial charge on any atom is 0.229 e. The van der Waals surface area contributed by atoms with Crippen molar-refractivity contribution in [1.29, 1.82) is 0 Å². The molecule has 1 aliphatic carbocycles. The van der Waals surface area contributed by atoms with Crippen LogP contribution in [0.4, 0.5) is 0 Å². The van der Waals surface area contributed by atoms with E-state index in [4.69, 9.17) is 10.5 Å². The van der Waals surface area contributed by atoms with Gasteiger partial charge < -0.3 is 10.5 Å². The first-order valence-corrected chi connectivity index (χ1v) is 11.3. The van der Waals surface area contributed by atoms with Crippen LogP contribution >= 0.6 is 11.8 Å². The molecule has 1 aromatic carbocycles. The molecule has 1 aliphatic heterocycles. The van der Waals surface area contributed by atoms with Crippen LogP contribution in [0.1, 0.15) is 56.6 Å².